The summed E-state index contributed by atoms with van der Waals surface area (Å²) in [6.45, 7) is 8.10. The molecule has 1 aromatic heterocycles. The maximum atomic E-state index is 11.8. The van der Waals surface area contributed by atoms with Gasteiger partial charge in [-0.3, -0.25) is 4.79 Å². The normalized spacial score (nSPS) is 10.8. The fourth-order valence-corrected chi connectivity index (χ4v) is 2.10. The average Bonchev–Trinajstić information content (AvgIpc) is 2.47. The van der Waals surface area contributed by atoms with Crippen molar-refractivity contribution < 1.29 is 4.79 Å². The van der Waals surface area contributed by atoms with E-state index in [4.69, 9.17) is 0 Å². The van der Waals surface area contributed by atoms with Crippen molar-refractivity contribution >= 4 is 17.4 Å². The molecule has 1 aromatic carbocycles. The number of amides is 1. The van der Waals surface area contributed by atoms with Gasteiger partial charge in [0.25, 0.3) is 5.91 Å². The summed E-state index contributed by atoms with van der Waals surface area (Å²) in [6.07, 6.45) is 3.06. The lowest BCUT2D eigenvalue weighted by atomic mass is 10.0. The molecule has 0 radical (unpaired) electrons. The number of hydrogen-bond acceptors (Lipinski definition) is 4. The first kappa shape index (κ1) is 15.9. The van der Waals surface area contributed by atoms with Gasteiger partial charge in [0.1, 0.15) is 11.5 Å². The third-order valence-electron chi connectivity index (χ3n) is 3.15. The summed E-state index contributed by atoms with van der Waals surface area (Å²) in [5, 5.41) is 6.05. The number of carbonyl (C=O) groups is 1. The SMILES string of the molecule is CC(C)NC(=O)c1cnc(Nc2ccccc2C(C)C)cn1. The highest BCUT2D eigenvalue weighted by molar-refractivity contribution is 5.92. The molecule has 0 atom stereocenters. The van der Waals surface area contributed by atoms with Gasteiger partial charge >= 0.3 is 0 Å². The largest absolute Gasteiger partial charge is 0.348 e. The molecular weight excluding hydrogens is 276 g/mol. The third kappa shape index (κ3) is 4.04. The molecular formula is C17H22N4O. The molecule has 2 aromatic rings. The van der Waals surface area contributed by atoms with E-state index in [1.165, 1.54) is 11.8 Å². The van der Waals surface area contributed by atoms with Crippen LogP contribution < -0.4 is 10.6 Å². The summed E-state index contributed by atoms with van der Waals surface area (Å²) >= 11 is 0. The van der Waals surface area contributed by atoms with E-state index in [0.29, 0.717) is 17.4 Å². The number of carbonyl (C=O) groups excluding carboxylic acids is 1. The monoisotopic (exact) mass is 298 g/mol. The first-order chi connectivity index (χ1) is 10.5. The summed E-state index contributed by atoms with van der Waals surface area (Å²) in [6, 6.07) is 8.17. The van der Waals surface area contributed by atoms with E-state index in [0.717, 1.165) is 5.69 Å². The number of nitrogens with one attached hydrogen (secondary N) is 2. The van der Waals surface area contributed by atoms with Crippen molar-refractivity contribution in [3.63, 3.8) is 0 Å². The Kier molecular flexibility index (Phi) is 5.09. The van der Waals surface area contributed by atoms with Gasteiger partial charge in [-0.1, -0.05) is 32.0 Å². The van der Waals surface area contributed by atoms with Crippen molar-refractivity contribution in [2.45, 2.75) is 39.7 Å². The molecule has 1 amide bonds. The molecule has 0 aliphatic rings. The third-order valence-corrected chi connectivity index (χ3v) is 3.15. The molecule has 0 spiro atoms. The number of anilines is 2. The predicted molar refractivity (Wildman–Crippen MR) is 88.4 cm³/mol. The molecule has 0 saturated carbocycles. The van der Waals surface area contributed by atoms with Gasteiger partial charge in [-0.25, -0.2) is 9.97 Å². The summed E-state index contributed by atoms with van der Waals surface area (Å²) in [4.78, 5) is 20.3. The molecule has 1 heterocycles. The number of aromatic nitrogens is 2. The van der Waals surface area contributed by atoms with Crippen molar-refractivity contribution in [3.05, 3.63) is 47.9 Å². The molecule has 0 fully saturated rings. The molecule has 116 valence electrons. The number of hydrogen-bond donors (Lipinski definition) is 2. The Balaban J connectivity index is 2.14. The zero-order chi connectivity index (χ0) is 16.1. The van der Waals surface area contributed by atoms with Crippen LogP contribution in [0, 0.1) is 0 Å². The second-order valence-corrected chi connectivity index (χ2v) is 5.78. The number of nitrogens with zero attached hydrogens (tertiary/aromatic N) is 2. The lowest BCUT2D eigenvalue weighted by Gasteiger charge is -2.14. The summed E-state index contributed by atoms with van der Waals surface area (Å²) < 4.78 is 0. The highest BCUT2D eigenvalue weighted by Gasteiger charge is 2.10. The predicted octanol–water partition coefficient (Wildman–Crippen LogP) is 3.48. The van der Waals surface area contributed by atoms with E-state index in [2.05, 4.69) is 40.5 Å². The second kappa shape index (κ2) is 7.02. The molecule has 5 nitrogen and oxygen atoms in total. The minimum absolute atomic E-state index is 0.0741. The van der Waals surface area contributed by atoms with Crippen molar-refractivity contribution in [3.8, 4) is 0 Å². The van der Waals surface area contributed by atoms with Crippen LogP contribution in [0.3, 0.4) is 0 Å². The molecule has 5 heteroatoms. The average molecular weight is 298 g/mol. The first-order valence-corrected chi connectivity index (χ1v) is 7.46. The topological polar surface area (TPSA) is 66.9 Å². The molecule has 0 aliphatic heterocycles. The van der Waals surface area contributed by atoms with E-state index < -0.39 is 0 Å². The van der Waals surface area contributed by atoms with Crippen LogP contribution in [0.1, 0.15) is 49.7 Å². The summed E-state index contributed by atoms with van der Waals surface area (Å²) in [5.41, 5.74) is 2.54. The van der Waals surface area contributed by atoms with Gasteiger partial charge in [0.05, 0.1) is 12.4 Å². The van der Waals surface area contributed by atoms with Crippen molar-refractivity contribution in [1.82, 2.24) is 15.3 Å². The second-order valence-electron chi connectivity index (χ2n) is 5.78. The van der Waals surface area contributed by atoms with Crippen LogP contribution in [0.2, 0.25) is 0 Å². The maximum Gasteiger partial charge on any atom is 0.271 e. The van der Waals surface area contributed by atoms with E-state index in [1.54, 1.807) is 6.20 Å². The van der Waals surface area contributed by atoms with Gasteiger partial charge in [0.2, 0.25) is 0 Å². The minimum atomic E-state index is -0.211. The van der Waals surface area contributed by atoms with Crippen LogP contribution in [0.5, 0.6) is 0 Å². The van der Waals surface area contributed by atoms with Crippen LogP contribution in [0.15, 0.2) is 36.7 Å². The Morgan fingerprint density at radius 1 is 1.05 bits per heavy atom. The van der Waals surface area contributed by atoms with Crippen LogP contribution in [-0.4, -0.2) is 21.9 Å². The fraction of sp³-hybridized carbons (Fsp3) is 0.353. The maximum absolute atomic E-state index is 11.8. The molecule has 22 heavy (non-hydrogen) atoms. The zero-order valence-electron chi connectivity index (χ0n) is 13.4. The summed E-state index contributed by atoms with van der Waals surface area (Å²) in [7, 11) is 0. The Morgan fingerprint density at radius 3 is 2.36 bits per heavy atom. The lowest BCUT2D eigenvalue weighted by Crippen LogP contribution is -2.30. The van der Waals surface area contributed by atoms with Gasteiger partial charge < -0.3 is 10.6 Å². The molecule has 2 rings (SSSR count). The Morgan fingerprint density at radius 2 is 1.77 bits per heavy atom. The van der Waals surface area contributed by atoms with Gasteiger partial charge in [-0.2, -0.15) is 0 Å². The van der Waals surface area contributed by atoms with E-state index in [1.807, 2.05) is 32.0 Å². The van der Waals surface area contributed by atoms with Crippen LogP contribution in [0.25, 0.3) is 0 Å². The Hall–Kier alpha value is -2.43. The zero-order valence-corrected chi connectivity index (χ0v) is 13.4. The van der Waals surface area contributed by atoms with Gasteiger partial charge in [-0.05, 0) is 31.4 Å². The van der Waals surface area contributed by atoms with Crippen LogP contribution in [-0.2, 0) is 0 Å². The Labute approximate surface area is 131 Å². The fourth-order valence-electron chi connectivity index (χ4n) is 2.10. The highest BCUT2D eigenvalue weighted by atomic mass is 16.1. The van der Waals surface area contributed by atoms with Crippen molar-refractivity contribution in [1.29, 1.82) is 0 Å². The van der Waals surface area contributed by atoms with Crippen LogP contribution in [0.4, 0.5) is 11.5 Å². The van der Waals surface area contributed by atoms with Crippen LogP contribution >= 0.6 is 0 Å². The van der Waals surface area contributed by atoms with Gasteiger partial charge in [-0.15, -0.1) is 0 Å². The number of para-hydroxylation sites is 1. The molecule has 2 N–H and O–H groups in total. The number of benzene rings is 1. The first-order valence-electron chi connectivity index (χ1n) is 7.46. The van der Waals surface area contributed by atoms with Gasteiger partial charge in [0.15, 0.2) is 0 Å². The molecule has 0 saturated heterocycles. The lowest BCUT2D eigenvalue weighted by molar-refractivity contribution is 0.0937. The quantitative estimate of drug-likeness (QED) is 0.887. The number of rotatable bonds is 5. The van der Waals surface area contributed by atoms with Crippen molar-refractivity contribution in [2.24, 2.45) is 0 Å². The highest BCUT2D eigenvalue weighted by Crippen LogP contribution is 2.25. The van der Waals surface area contributed by atoms with Crippen molar-refractivity contribution in [2.75, 3.05) is 5.32 Å². The van der Waals surface area contributed by atoms with E-state index in [-0.39, 0.29) is 11.9 Å². The molecule has 0 unspecified atom stereocenters. The smallest absolute Gasteiger partial charge is 0.271 e. The van der Waals surface area contributed by atoms with Gasteiger partial charge in [0, 0.05) is 11.7 Å². The minimum Gasteiger partial charge on any atom is -0.348 e. The molecule has 0 bridgehead atoms. The molecule has 0 aliphatic carbocycles. The van der Waals surface area contributed by atoms with E-state index >= 15 is 0 Å². The standard InChI is InChI=1S/C17H22N4O/c1-11(2)13-7-5-6-8-14(13)21-16-10-18-15(9-19-16)17(22)20-12(3)4/h5-12H,1-4H3,(H,19,21)(H,20,22). The van der Waals surface area contributed by atoms with E-state index in [9.17, 15) is 4.79 Å². The summed E-state index contributed by atoms with van der Waals surface area (Å²) in [5.74, 6) is 0.818. The Bertz CT molecular complexity index is 635.